The van der Waals surface area contributed by atoms with E-state index >= 15 is 0 Å². The van der Waals surface area contributed by atoms with E-state index in [2.05, 4.69) is 27.3 Å². The fourth-order valence-corrected chi connectivity index (χ4v) is 2.96. The van der Waals surface area contributed by atoms with Crippen LogP contribution >= 0.6 is 15.9 Å². The van der Waals surface area contributed by atoms with Crippen LogP contribution in [-0.2, 0) is 9.53 Å². The summed E-state index contributed by atoms with van der Waals surface area (Å²) in [4.78, 5) is 24.1. The minimum Gasteiger partial charge on any atom is -0.449 e. The van der Waals surface area contributed by atoms with Crippen molar-refractivity contribution < 1.29 is 18.7 Å². The molecule has 0 saturated carbocycles. The van der Waals surface area contributed by atoms with Crippen molar-refractivity contribution in [3.63, 3.8) is 0 Å². The Kier molecular flexibility index (Phi) is 6.97. The number of halogens is 2. The van der Waals surface area contributed by atoms with Gasteiger partial charge in [-0.15, -0.1) is 0 Å². The molecule has 0 saturated heterocycles. The number of allylic oxidation sites excluding steroid dienone is 1. The Balaban J connectivity index is 1.81. The Bertz CT molecular complexity index is 645. The number of rotatable bonds is 6. The number of hydrogen-bond donors (Lipinski definition) is 1. The van der Waals surface area contributed by atoms with E-state index in [1.54, 1.807) is 0 Å². The molecule has 4 nitrogen and oxygen atoms in total. The number of carbonyl (C=O) groups excluding carboxylic acids is 2. The summed E-state index contributed by atoms with van der Waals surface area (Å²) in [6, 6.07) is 3.73. The molecule has 1 atom stereocenters. The predicted octanol–water partition coefficient (Wildman–Crippen LogP) is 4.14. The Hall–Kier alpha value is -1.69. The third kappa shape index (κ3) is 5.44. The van der Waals surface area contributed by atoms with Gasteiger partial charge in [-0.2, -0.15) is 0 Å². The fraction of sp³-hybridized carbons (Fsp3) is 0.444. The molecule has 1 aromatic rings. The summed E-state index contributed by atoms with van der Waals surface area (Å²) in [6.45, 7) is 2.02. The lowest BCUT2D eigenvalue weighted by atomic mass is 9.97. The van der Waals surface area contributed by atoms with Crippen LogP contribution in [0.15, 0.2) is 34.3 Å². The smallest absolute Gasteiger partial charge is 0.340 e. The summed E-state index contributed by atoms with van der Waals surface area (Å²) in [5.41, 5.74) is 1.43. The van der Waals surface area contributed by atoms with Crippen molar-refractivity contribution in [1.29, 1.82) is 0 Å². The second-order valence-corrected chi connectivity index (χ2v) is 6.68. The first-order valence-electron chi connectivity index (χ1n) is 8.09. The Labute approximate surface area is 149 Å². The summed E-state index contributed by atoms with van der Waals surface area (Å²) >= 11 is 3.17. The zero-order valence-electron chi connectivity index (χ0n) is 13.6. The van der Waals surface area contributed by atoms with Crippen LogP contribution in [0.25, 0.3) is 0 Å². The molecular formula is C18H21BrFNO3. The zero-order chi connectivity index (χ0) is 17.5. The zero-order valence-corrected chi connectivity index (χ0v) is 15.2. The minimum atomic E-state index is -0.937. The number of hydrogen-bond acceptors (Lipinski definition) is 3. The summed E-state index contributed by atoms with van der Waals surface area (Å²) in [6.07, 6.45) is 6.76. The molecule has 6 heteroatoms. The summed E-state index contributed by atoms with van der Waals surface area (Å²) < 4.78 is 18.8. The molecule has 1 aliphatic carbocycles. The standard InChI is InChI=1S/C18H21BrFNO3/c1-12(17(22)21-10-9-13-5-3-2-4-6-13)24-18(23)15-11-14(20)7-8-16(15)19/h5,7-8,11-12H,2-4,6,9-10H2,1H3,(H,21,22)/t12-/m0/s1. The summed E-state index contributed by atoms with van der Waals surface area (Å²) in [7, 11) is 0. The quantitative estimate of drug-likeness (QED) is 0.579. The van der Waals surface area contributed by atoms with Crippen molar-refractivity contribution in [3.8, 4) is 0 Å². The average molecular weight is 398 g/mol. The molecule has 0 fully saturated rings. The van der Waals surface area contributed by atoms with Crippen molar-refractivity contribution in [2.45, 2.75) is 45.1 Å². The molecule has 0 heterocycles. The van der Waals surface area contributed by atoms with Crippen LogP contribution < -0.4 is 5.32 Å². The van der Waals surface area contributed by atoms with Crippen molar-refractivity contribution in [3.05, 3.63) is 45.7 Å². The van der Waals surface area contributed by atoms with E-state index in [1.807, 2.05) is 0 Å². The molecule has 0 spiro atoms. The molecule has 1 aliphatic rings. The van der Waals surface area contributed by atoms with Crippen molar-refractivity contribution in [1.82, 2.24) is 5.32 Å². The number of nitrogens with one attached hydrogen (secondary N) is 1. The first kappa shape index (κ1) is 18.6. The largest absolute Gasteiger partial charge is 0.449 e. The Morgan fingerprint density at radius 2 is 2.17 bits per heavy atom. The maximum atomic E-state index is 13.2. The first-order valence-corrected chi connectivity index (χ1v) is 8.88. The van der Waals surface area contributed by atoms with Crippen LogP contribution in [0.1, 0.15) is 49.4 Å². The minimum absolute atomic E-state index is 0.0574. The molecule has 130 valence electrons. The van der Waals surface area contributed by atoms with Gasteiger partial charge in [0.15, 0.2) is 6.10 Å². The SMILES string of the molecule is C[C@H](OC(=O)c1cc(F)ccc1Br)C(=O)NCCC1=CCCCC1. The monoisotopic (exact) mass is 397 g/mol. The Morgan fingerprint density at radius 3 is 2.88 bits per heavy atom. The van der Waals surface area contributed by atoms with E-state index in [0.717, 1.165) is 25.3 Å². The molecule has 1 N–H and O–H groups in total. The lowest BCUT2D eigenvalue weighted by Gasteiger charge is -2.16. The topological polar surface area (TPSA) is 55.4 Å². The molecule has 0 unspecified atom stereocenters. The van der Waals surface area contributed by atoms with Crippen LogP contribution in [0.4, 0.5) is 4.39 Å². The van der Waals surface area contributed by atoms with Gasteiger partial charge < -0.3 is 10.1 Å². The number of amides is 1. The number of ether oxygens (including phenoxy) is 1. The molecule has 0 radical (unpaired) electrons. The highest BCUT2D eigenvalue weighted by Gasteiger charge is 2.20. The van der Waals surface area contributed by atoms with Gasteiger partial charge in [-0.05, 0) is 73.2 Å². The molecule has 2 rings (SSSR count). The number of esters is 1. The van der Waals surface area contributed by atoms with Crippen molar-refractivity contribution in [2.24, 2.45) is 0 Å². The van der Waals surface area contributed by atoms with E-state index < -0.39 is 17.9 Å². The molecule has 0 bridgehead atoms. The maximum Gasteiger partial charge on any atom is 0.340 e. The highest BCUT2D eigenvalue weighted by Crippen LogP contribution is 2.20. The maximum absolute atomic E-state index is 13.2. The lowest BCUT2D eigenvalue weighted by molar-refractivity contribution is -0.129. The lowest BCUT2D eigenvalue weighted by Crippen LogP contribution is -2.36. The van der Waals surface area contributed by atoms with Crippen LogP contribution in [0.3, 0.4) is 0 Å². The number of carbonyl (C=O) groups is 2. The fourth-order valence-electron chi connectivity index (χ4n) is 2.55. The van der Waals surface area contributed by atoms with Gasteiger partial charge in [0.1, 0.15) is 5.82 Å². The molecule has 0 aliphatic heterocycles. The van der Waals surface area contributed by atoms with E-state index in [0.29, 0.717) is 11.0 Å². The van der Waals surface area contributed by atoms with Crippen LogP contribution in [-0.4, -0.2) is 24.5 Å². The molecule has 0 aromatic heterocycles. The van der Waals surface area contributed by atoms with Crippen LogP contribution in [0, 0.1) is 5.82 Å². The highest BCUT2D eigenvalue weighted by atomic mass is 79.9. The van der Waals surface area contributed by atoms with E-state index in [4.69, 9.17) is 4.74 Å². The second kappa shape index (κ2) is 8.97. The van der Waals surface area contributed by atoms with E-state index in [-0.39, 0.29) is 11.5 Å². The second-order valence-electron chi connectivity index (χ2n) is 5.82. The number of benzene rings is 1. The van der Waals surface area contributed by atoms with Gasteiger partial charge in [-0.25, -0.2) is 9.18 Å². The van der Waals surface area contributed by atoms with Crippen LogP contribution in [0.2, 0.25) is 0 Å². The Morgan fingerprint density at radius 1 is 1.38 bits per heavy atom. The van der Waals surface area contributed by atoms with Gasteiger partial charge in [0.05, 0.1) is 5.56 Å². The third-order valence-corrected chi connectivity index (χ3v) is 4.62. The van der Waals surface area contributed by atoms with Gasteiger partial charge in [0.2, 0.25) is 0 Å². The van der Waals surface area contributed by atoms with Gasteiger partial charge in [-0.3, -0.25) is 4.79 Å². The predicted molar refractivity (Wildman–Crippen MR) is 93.2 cm³/mol. The van der Waals surface area contributed by atoms with E-state index in [1.165, 1.54) is 37.5 Å². The third-order valence-electron chi connectivity index (χ3n) is 3.93. The first-order chi connectivity index (χ1) is 11.5. The molecule has 24 heavy (non-hydrogen) atoms. The van der Waals surface area contributed by atoms with Crippen molar-refractivity contribution >= 4 is 27.8 Å². The molecule has 1 aromatic carbocycles. The van der Waals surface area contributed by atoms with Gasteiger partial charge >= 0.3 is 5.97 Å². The normalized spacial score (nSPS) is 15.4. The summed E-state index contributed by atoms with van der Waals surface area (Å²) in [5.74, 6) is -1.63. The van der Waals surface area contributed by atoms with Gasteiger partial charge in [-0.1, -0.05) is 11.6 Å². The van der Waals surface area contributed by atoms with Crippen LogP contribution in [0.5, 0.6) is 0 Å². The average Bonchev–Trinajstić information content (AvgIpc) is 2.57. The van der Waals surface area contributed by atoms with Crippen molar-refractivity contribution in [2.75, 3.05) is 6.54 Å². The van der Waals surface area contributed by atoms with Gasteiger partial charge in [0, 0.05) is 11.0 Å². The molecule has 1 amide bonds. The highest BCUT2D eigenvalue weighted by molar-refractivity contribution is 9.10. The van der Waals surface area contributed by atoms with Gasteiger partial charge in [0.25, 0.3) is 5.91 Å². The summed E-state index contributed by atoms with van der Waals surface area (Å²) in [5, 5.41) is 2.77. The van der Waals surface area contributed by atoms with E-state index in [9.17, 15) is 14.0 Å². The molecular weight excluding hydrogens is 377 g/mol.